The molecule has 0 radical (unpaired) electrons. The number of amides is 1. The predicted molar refractivity (Wildman–Crippen MR) is 139 cm³/mol. The summed E-state index contributed by atoms with van der Waals surface area (Å²) in [7, 11) is 3.67. The van der Waals surface area contributed by atoms with Crippen molar-refractivity contribution in [1.82, 2.24) is 25.2 Å². The average Bonchev–Trinajstić information content (AvgIpc) is 3.55. The molecule has 1 atom stereocenters. The molecule has 1 aliphatic rings. The van der Waals surface area contributed by atoms with Crippen LogP contribution < -0.4 is 4.74 Å². The Kier molecular flexibility index (Phi) is 6.90. The fourth-order valence-electron chi connectivity index (χ4n) is 4.57. The van der Waals surface area contributed by atoms with Crippen molar-refractivity contribution in [2.24, 2.45) is 0 Å². The molecular formula is C27H28N6O4. The SMILES string of the molecule is [C-]#[N+]c1cc2c(-c3cc(-c4ccc(C(=O)N5CCN(C)C[C@@H]5C)cc4)on3)n[nH]c2cc1OCCOC. The number of benzene rings is 2. The number of nitrogens with zero attached hydrogens (tertiary/aromatic N) is 5. The first-order valence-corrected chi connectivity index (χ1v) is 12.1. The molecule has 1 saturated heterocycles. The van der Waals surface area contributed by atoms with Crippen molar-refractivity contribution in [3.8, 4) is 28.5 Å². The van der Waals surface area contributed by atoms with Gasteiger partial charge in [-0.15, -0.1) is 0 Å². The maximum atomic E-state index is 13.0. The van der Waals surface area contributed by atoms with Crippen molar-refractivity contribution in [3.63, 3.8) is 0 Å². The summed E-state index contributed by atoms with van der Waals surface area (Å²) in [5.74, 6) is 1.06. The third-order valence-corrected chi connectivity index (χ3v) is 6.57. The number of ether oxygens (including phenoxy) is 2. The van der Waals surface area contributed by atoms with Crippen molar-refractivity contribution in [1.29, 1.82) is 0 Å². The van der Waals surface area contributed by atoms with E-state index < -0.39 is 0 Å². The highest BCUT2D eigenvalue weighted by molar-refractivity contribution is 5.97. The largest absolute Gasteiger partial charge is 0.502 e. The van der Waals surface area contributed by atoms with Crippen molar-refractivity contribution in [2.75, 3.05) is 47.0 Å². The van der Waals surface area contributed by atoms with E-state index in [0.29, 0.717) is 47.4 Å². The van der Waals surface area contributed by atoms with Gasteiger partial charge >= 0.3 is 0 Å². The molecule has 1 amide bonds. The number of carbonyl (C=O) groups excluding carboxylic acids is 1. The Morgan fingerprint density at radius 2 is 2.03 bits per heavy atom. The molecule has 10 nitrogen and oxygen atoms in total. The van der Waals surface area contributed by atoms with E-state index in [2.05, 4.69) is 39.1 Å². The van der Waals surface area contributed by atoms with Crippen LogP contribution in [0.3, 0.4) is 0 Å². The second kappa shape index (κ2) is 10.4. The van der Waals surface area contributed by atoms with Gasteiger partial charge in [0.2, 0.25) is 5.69 Å². The Hall–Kier alpha value is -4.20. The van der Waals surface area contributed by atoms with Gasteiger partial charge in [-0.1, -0.05) is 17.3 Å². The van der Waals surface area contributed by atoms with Gasteiger partial charge in [0.25, 0.3) is 5.91 Å². The lowest BCUT2D eigenvalue weighted by molar-refractivity contribution is 0.0533. The zero-order valence-electron chi connectivity index (χ0n) is 21.0. The standard InChI is InChI=1S/C27H28N6O4/c1-17-16-32(3)9-10-33(17)27(34)19-7-5-18(6-8-19)24-15-23(31-37-24)26-20-13-22(28-2)25(36-12-11-35-4)14-21(20)29-30-26/h5-8,13-15,17H,9-12,16H2,1,3-4H3,(H,29,30)/t17-/m0/s1. The van der Waals surface area contributed by atoms with Gasteiger partial charge < -0.3 is 23.8 Å². The zero-order chi connectivity index (χ0) is 25.9. The molecule has 0 spiro atoms. The van der Waals surface area contributed by atoms with Gasteiger partial charge in [-0.25, -0.2) is 4.85 Å². The van der Waals surface area contributed by atoms with Gasteiger partial charge in [-0.05, 0) is 38.2 Å². The molecule has 1 fully saturated rings. The number of fused-ring (bicyclic) bond motifs is 1. The molecule has 3 heterocycles. The molecule has 0 bridgehead atoms. The number of piperazine rings is 1. The van der Waals surface area contributed by atoms with E-state index in [1.54, 1.807) is 25.3 Å². The molecule has 190 valence electrons. The van der Waals surface area contributed by atoms with E-state index in [0.717, 1.165) is 36.1 Å². The highest BCUT2D eigenvalue weighted by Crippen LogP contribution is 2.37. The fourth-order valence-corrected chi connectivity index (χ4v) is 4.57. The van der Waals surface area contributed by atoms with E-state index in [4.69, 9.17) is 20.6 Å². The summed E-state index contributed by atoms with van der Waals surface area (Å²) in [6.07, 6.45) is 0. The number of nitrogens with one attached hydrogen (secondary N) is 1. The van der Waals surface area contributed by atoms with E-state index in [9.17, 15) is 4.79 Å². The number of likely N-dealkylation sites (N-methyl/N-ethyl adjacent to an activating group) is 1. The van der Waals surface area contributed by atoms with E-state index in [1.165, 1.54) is 0 Å². The quantitative estimate of drug-likeness (QED) is 0.299. The second-order valence-electron chi connectivity index (χ2n) is 9.15. The lowest BCUT2D eigenvalue weighted by Crippen LogP contribution is -2.52. The van der Waals surface area contributed by atoms with Gasteiger partial charge in [-0.2, -0.15) is 5.10 Å². The van der Waals surface area contributed by atoms with Gasteiger partial charge in [0.15, 0.2) is 5.76 Å². The molecule has 0 unspecified atom stereocenters. The number of aromatic amines is 1. The summed E-state index contributed by atoms with van der Waals surface area (Å²) in [5.41, 5.74) is 3.67. The normalized spacial score (nSPS) is 16.2. The van der Waals surface area contributed by atoms with Crippen molar-refractivity contribution in [2.45, 2.75) is 13.0 Å². The Balaban J connectivity index is 1.36. The van der Waals surface area contributed by atoms with Crippen molar-refractivity contribution < 1.29 is 18.8 Å². The number of rotatable bonds is 7. The van der Waals surface area contributed by atoms with Gasteiger partial charge in [0.1, 0.15) is 23.7 Å². The van der Waals surface area contributed by atoms with Gasteiger partial charge in [0.05, 0.1) is 18.7 Å². The molecular weight excluding hydrogens is 472 g/mol. The molecule has 0 aliphatic carbocycles. The summed E-state index contributed by atoms with van der Waals surface area (Å²) in [6.45, 7) is 12.8. The van der Waals surface area contributed by atoms with Crippen LogP contribution in [0.25, 0.3) is 38.5 Å². The Bertz CT molecular complexity index is 1450. The third kappa shape index (κ3) is 4.91. The first kappa shape index (κ1) is 24.5. The summed E-state index contributed by atoms with van der Waals surface area (Å²) >= 11 is 0. The van der Waals surface area contributed by atoms with E-state index in [-0.39, 0.29) is 11.9 Å². The molecule has 0 saturated carbocycles. The molecule has 1 aliphatic heterocycles. The van der Waals surface area contributed by atoms with Crippen LogP contribution in [0, 0.1) is 6.57 Å². The Morgan fingerprint density at radius 1 is 1.22 bits per heavy atom. The molecule has 10 heteroatoms. The summed E-state index contributed by atoms with van der Waals surface area (Å²) < 4.78 is 16.3. The molecule has 5 rings (SSSR count). The fraction of sp³-hybridized carbons (Fsp3) is 0.333. The topological polar surface area (TPSA) is 101 Å². The number of methoxy groups -OCH3 is 1. The van der Waals surface area contributed by atoms with Crippen LogP contribution in [-0.2, 0) is 4.74 Å². The summed E-state index contributed by atoms with van der Waals surface area (Å²) in [6, 6.07) is 12.8. The van der Waals surface area contributed by atoms with Crippen LogP contribution in [-0.4, -0.2) is 84.1 Å². The Labute approximate surface area is 214 Å². The average molecular weight is 501 g/mol. The lowest BCUT2D eigenvalue weighted by atomic mass is 10.1. The Morgan fingerprint density at radius 3 is 2.76 bits per heavy atom. The van der Waals surface area contributed by atoms with Crippen LogP contribution in [0.4, 0.5) is 5.69 Å². The molecule has 1 N–H and O–H groups in total. The number of H-pyrrole nitrogens is 1. The number of aromatic nitrogens is 3. The van der Waals surface area contributed by atoms with Crippen molar-refractivity contribution >= 4 is 22.5 Å². The van der Waals surface area contributed by atoms with Gasteiger partial charge in [-0.3, -0.25) is 9.89 Å². The number of hydrogen-bond acceptors (Lipinski definition) is 7. The highest BCUT2D eigenvalue weighted by Gasteiger charge is 2.26. The van der Waals surface area contributed by atoms with E-state index >= 15 is 0 Å². The molecule has 2 aromatic heterocycles. The van der Waals surface area contributed by atoms with Crippen LogP contribution >= 0.6 is 0 Å². The first-order chi connectivity index (χ1) is 18.0. The number of carbonyl (C=O) groups is 1. The minimum absolute atomic E-state index is 0.0367. The minimum atomic E-state index is 0.0367. The first-order valence-electron chi connectivity index (χ1n) is 12.1. The summed E-state index contributed by atoms with van der Waals surface area (Å²) in [4.78, 5) is 20.8. The predicted octanol–water partition coefficient (Wildman–Crippen LogP) is 4.24. The third-order valence-electron chi connectivity index (χ3n) is 6.57. The number of hydrogen-bond donors (Lipinski definition) is 1. The zero-order valence-corrected chi connectivity index (χ0v) is 21.0. The van der Waals surface area contributed by atoms with Crippen LogP contribution in [0.2, 0.25) is 0 Å². The monoisotopic (exact) mass is 500 g/mol. The molecule has 37 heavy (non-hydrogen) atoms. The summed E-state index contributed by atoms with van der Waals surface area (Å²) in [5, 5.41) is 12.3. The molecule has 4 aromatic rings. The van der Waals surface area contributed by atoms with Crippen LogP contribution in [0.5, 0.6) is 5.75 Å². The van der Waals surface area contributed by atoms with Crippen LogP contribution in [0.1, 0.15) is 17.3 Å². The van der Waals surface area contributed by atoms with E-state index in [1.807, 2.05) is 29.2 Å². The minimum Gasteiger partial charge on any atom is -0.502 e. The van der Waals surface area contributed by atoms with Crippen molar-refractivity contribution in [3.05, 3.63) is 59.4 Å². The highest BCUT2D eigenvalue weighted by atomic mass is 16.5. The maximum absolute atomic E-state index is 13.0. The second-order valence-corrected chi connectivity index (χ2v) is 9.15. The smallest absolute Gasteiger partial charge is 0.254 e. The maximum Gasteiger partial charge on any atom is 0.254 e. The lowest BCUT2D eigenvalue weighted by Gasteiger charge is -2.38. The van der Waals surface area contributed by atoms with Crippen LogP contribution in [0.15, 0.2) is 47.0 Å². The molecule has 2 aromatic carbocycles. The van der Waals surface area contributed by atoms with Gasteiger partial charge in [0, 0.05) is 55.4 Å².